The Labute approximate surface area is 162 Å². The summed E-state index contributed by atoms with van der Waals surface area (Å²) < 4.78 is 31.8. The molecule has 3 fully saturated rings. The Morgan fingerprint density at radius 1 is 1.25 bits per heavy atom. The second-order valence-electron chi connectivity index (χ2n) is 9.52. The molecule has 2 N–H and O–H groups in total. The molecule has 7 heteroatoms. The van der Waals surface area contributed by atoms with Gasteiger partial charge >= 0.3 is 0 Å². The highest BCUT2D eigenvalue weighted by molar-refractivity contribution is 5.97. The van der Waals surface area contributed by atoms with Crippen molar-refractivity contribution in [3.63, 3.8) is 0 Å². The van der Waals surface area contributed by atoms with Gasteiger partial charge in [0.05, 0.1) is 0 Å². The Morgan fingerprint density at radius 2 is 1.93 bits per heavy atom. The molecule has 0 spiro atoms. The summed E-state index contributed by atoms with van der Waals surface area (Å²) in [6.45, 7) is 2.25. The second kappa shape index (κ2) is 5.79. The number of alkyl halides is 2. The van der Waals surface area contributed by atoms with E-state index in [1.54, 1.807) is 6.92 Å². The molecule has 0 amide bonds. The van der Waals surface area contributed by atoms with Crippen molar-refractivity contribution in [2.45, 2.75) is 69.8 Å². The zero-order chi connectivity index (χ0) is 20.7. The minimum Gasteiger partial charge on any atom is -0.388 e. The topological polar surface area (TPSA) is 91.7 Å². The number of hydrogen-bond donors (Lipinski definition) is 2. The van der Waals surface area contributed by atoms with E-state index in [0.29, 0.717) is 0 Å². The Morgan fingerprint density at radius 3 is 2.57 bits per heavy atom. The van der Waals surface area contributed by atoms with Gasteiger partial charge in [0, 0.05) is 29.6 Å². The summed E-state index contributed by atoms with van der Waals surface area (Å²) in [5.41, 5.74) is -6.83. The van der Waals surface area contributed by atoms with Gasteiger partial charge in [-0.2, -0.15) is 0 Å². The summed E-state index contributed by atoms with van der Waals surface area (Å²) in [7, 11) is 0. The maximum absolute atomic E-state index is 16.7. The second-order valence-corrected chi connectivity index (χ2v) is 9.52. The van der Waals surface area contributed by atoms with Crippen molar-refractivity contribution in [1.29, 1.82) is 0 Å². The van der Waals surface area contributed by atoms with Crippen LogP contribution in [0.5, 0.6) is 0 Å². The van der Waals surface area contributed by atoms with Crippen LogP contribution in [0.25, 0.3) is 0 Å². The summed E-state index contributed by atoms with van der Waals surface area (Å²) in [5, 5.41) is 20.4. The van der Waals surface area contributed by atoms with Gasteiger partial charge in [0.1, 0.15) is 18.4 Å². The molecular formula is C21H26F2O5. The van der Waals surface area contributed by atoms with Crippen LogP contribution in [0.15, 0.2) is 11.6 Å². The van der Waals surface area contributed by atoms with E-state index < -0.39 is 58.3 Å². The van der Waals surface area contributed by atoms with Crippen LogP contribution in [-0.4, -0.2) is 51.6 Å². The van der Waals surface area contributed by atoms with Gasteiger partial charge in [-0.15, -0.1) is 0 Å². The zero-order valence-electron chi connectivity index (χ0n) is 16.1. The molecule has 5 nitrogen and oxygen atoms in total. The maximum atomic E-state index is 16.7. The highest BCUT2D eigenvalue weighted by atomic mass is 19.1. The number of halogens is 2. The Hall–Kier alpha value is -1.47. The number of Topliss-reactive ketones (excluding diaryl/α,β-unsaturated/α-hetero) is 2. The molecule has 1 unspecified atom stereocenters. The van der Waals surface area contributed by atoms with Crippen LogP contribution in [0, 0.1) is 22.7 Å². The largest absolute Gasteiger partial charge is 0.388 e. The zero-order valence-corrected chi connectivity index (χ0v) is 16.1. The first kappa shape index (κ1) is 19.8. The lowest BCUT2D eigenvalue weighted by Crippen LogP contribution is -2.69. The van der Waals surface area contributed by atoms with E-state index in [4.69, 9.17) is 0 Å². The van der Waals surface area contributed by atoms with Gasteiger partial charge in [0.15, 0.2) is 23.0 Å². The lowest BCUT2D eigenvalue weighted by atomic mass is 9.44. The molecule has 7 atom stereocenters. The van der Waals surface area contributed by atoms with Crippen molar-refractivity contribution in [2.24, 2.45) is 22.7 Å². The Balaban J connectivity index is 1.84. The SMILES string of the molecule is C[C@]12CCC(=O)C=C1C(F)C[C@H]1[C@@H]3CC[C@](O)(C(=O)CO)[C@@]3(C)CC(=O)[C@@]12F. The Bertz CT molecular complexity index is 809. The van der Waals surface area contributed by atoms with Crippen molar-refractivity contribution < 1.29 is 33.4 Å². The van der Waals surface area contributed by atoms with Crippen LogP contribution in [0.3, 0.4) is 0 Å². The standard InChI is InChI=1S/C21H26F2O5/c1-18-5-3-11(25)7-14(18)15(22)8-13-12-4-6-20(28,17(27)10-24)19(12,2)9-16(26)21(13,18)23/h7,12-13,15,24,28H,3-6,8-10H2,1-2H3/t12-,13-,15?,18-,19-,20-,21-/m0/s1. The van der Waals surface area contributed by atoms with E-state index in [2.05, 4.69) is 0 Å². The lowest BCUT2D eigenvalue weighted by Gasteiger charge is -2.61. The van der Waals surface area contributed by atoms with Gasteiger partial charge in [-0.25, -0.2) is 8.78 Å². The first-order valence-corrected chi connectivity index (χ1v) is 9.93. The molecule has 0 saturated heterocycles. The number of carbonyl (C=O) groups excluding carboxylic acids is 3. The fourth-order valence-electron chi connectivity index (χ4n) is 6.88. The number of carbonyl (C=O) groups is 3. The van der Waals surface area contributed by atoms with Crippen molar-refractivity contribution >= 4 is 17.3 Å². The van der Waals surface area contributed by atoms with E-state index in [-0.39, 0.29) is 49.9 Å². The normalized spacial score (nSPS) is 50.5. The maximum Gasteiger partial charge on any atom is 0.190 e. The van der Waals surface area contributed by atoms with Gasteiger partial charge in [0.25, 0.3) is 0 Å². The first-order valence-electron chi connectivity index (χ1n) is 9.93. The van der Waals surface area contributed by atoms with Crippen LogP contribution in [0.2, 0.25) is 0 Å². The molecule has 154 valence electrons. The predicted molar refractivity (Wildman–Crippen MR) is 94.8 cm³/mol. The summed E-state index contributed by atoms with van der Waals surface area (Å²) in [5.74, 6) is -3.32. The minimum absolute atomic E-state index is 0.0161. The van der Waals surface area contributed by atoms with Crippen LogP contribution in [0.4, 0.5) is 8.78 Å². The van der Waals surface area contributed by atoms with E-state index >= 15 is 8.78 Å². The van der Waals surface area contributed by atoms with E-state index in [9.17, 15) is 24.6 Å². The van der Waals surface area contributed by atoms with E-state index in [1.807, 2.05) is 0 Å². The molecule has 28 heavy (non-hydrogen) atoms. The molecule has 0 bridgehead atoms. The van der Waals surface area contributed by atoms with Crippen LogP contribution in [-0.2, 0) is 14.4 Å². The highest BCUT2D eigenvalue weighted by Crippen LogP contribution is 2.69. The molecule has 0 aliphatic heterocycles. The van der Waals surface area contributed by atoms with Crippen LogP contribution < -0.4 is 0 Å². The van der Waals surface area contributed by atoms with E-state index in [1.165, 1.54) is 13.0 Å². The minimum atomic E-state index is -2.33. The molecule has 0 heterocycles. The smallest absolute Gasteiger partial charge is 0.190 e. The third-order valence-electron chi connectivity index (χ3n) is 8.54. The molecule has 4 rings (SSSR count). The highest BCUT2D eigenvalue weighted by Gasteiger charge is 2.75. The van der Waals surface area contributed by atoms with Crippen molar-refractivity contribution in [3.8, 4) is 0 Å². The van der Waals surface area contributed by atoms with Crippen LogP contribution >= 0.6 is 0 Å². The van der Waals surface area contributed by atoms with Crippen molar-refractivity contribution in [1.82, 2.24) is 0 Å². The summed E-state index contributed by atoms with van der Waals surface area (Å²) in [6, 6.07) is 0. The molecule has 0 aromatic carbocycles. The quantitative estimate of drug-likeness (QED) is 0.745. The predicted octanol–water partition coefficient (Wildman–Crippen LogP) is 2.03. The molecule has 4 aliphatic rings. The molecule has 4 aliphatic carbocycles. The molecule has 0 aromatic heterocycles. The third kappa shape index (κ3) is 2.04. The fourth-order valence-corrected chi connectivity index (χ4v) is 6.88. The van der Waals surface area contributed by atoms with Gasteiger partial charge < -0.3 is 10.2 Å². The number of allylic oxidation sites excluding steroid dienone is 1. The molecular weight excluding hydrogens is 370 g/mol. The fraction of sp³-hybridized carbons (Fsp3) is 0.762. The van der Waals surface area contributed by atoms with Gasteiger partial charge in [0.2, 0.25) is 0 Å². The Kier molecular flexibility index (Phi) is 4.10. The summed E-state index contributed by atoms with van der Waals surface area (Å²) in [4.78, 5) is 37.4. The lowest BCUT2D eigenvalue weighted by molar-refractivity contribution is -0.192. The average Bonchev–Trinajstić information content (AvgIpc) is 2.91. The number of fused-ring (bicyclic) bond motifs is 5. The van der Waals surface area contributed by atoms with E-state index in [0.717, 1.165) is 0 Å². The summed E-state index contributed by atoms with van der Waals surface area (Å²) in [6.07, 6.45) is -0.534. The number of aliphatic hydroxyl groups excluding tert-OH is 1. The number of aliphatic hydroxyl groups is 2. The third-order valence-corrected chi connectivity index (χ3v) is 8.54. The summed E-state index contributed by atoms with van der Waals surface area (Å²) >= 11 is 0. The van der Waals surface area contributed by atoms with Crippen molar-refractivity contribution in [3.05, 3.63) is 11.6 Å². The average molecular weight is 396 g/mol. The molecule has 0 aromatic rings. The van der Waals surface area contributed by atoms with Gasteiger partial charge in [-0.1, -0.05) is 13.8 Å². The molecule has 0 radical (unpaired) electrons. The first-order chi connectivity index (χ1) is 13.0. The number of ketones is 3. The number of rotatable bonds is 2. The van der Waals surface area contributed by atoms with Gasteiger partial charge in [-0.05, 0) is 43.3 Å². The molecule has 3 saturated carbocycles. The van der Waals surface area contributed by atoms with Gasteiger partial charge in [-0.3, -0.25) is 14.4 Å². The monoisotopic (exact) mass is 396 g/mol. The van der Waals surface area contributed by atoms with Crippen LogP contribution in [0.1, 0.15) is 52.4 Å². The van der Waals surface area contributed by atoms with Crippen molar-refractivity contribution in [2.75, 3.05) is 6.61 Å². The number of hydrogen-bond acceptors (Lipinski definition) is 5.